The van der Waals surface area contributed by atoms with Gasteiger partial charge in [0.2, 0.25) is 0 Å². The van der Waals surface area contributed by atoms with Crippen LogP contribution in [0.4, 0.5) is 22.7 Å². The van der Waals surface area contributed by atoms with E-state index in [0.29, 0.717) is 5.92 Å². The summed E-state index contributed by atoms with van der Waals surface area (Å²) in [5.41, 5.74) is 17.5. The lowest BCUT2D eigenvalue weighted by atomic mass is 9.72. The topological polar surface area (TPSA) is 6.48 Å². The van der Waals surface area contributed by atoms with Crippen LogP contribution in [0.15, 0.2) is 261 Å². The predicted octanol–water partition coefficient (Wildman–Crippen LogP) is 17.8. The van der Waals surface area contributed by atoms with E-state index in [4.69, 9.17) is 0 Å². The fraction of sp³-hybridized carbons (Fsp3) is 0.0606. The zero-order valence-corrected chi connectivity index (χ0v) is 37.7. The molecule has 0 spiro atoms. The van der Waals surface area contributed by atoms with Crippen molar-refractivity contribution in [2.45, 2.75) is 24.8 Å². The minimum absolute atomic E-state index is 0.232. The summed E-state index contributed by atoms with van der Waals surface area (Å²) in [6.45, 7) is 0. The summed E-state index contributed by atoms with van der Waals surface area (Å²) in [5.74, 6) is 0.360. The molecule has 0 saturated carbocycles. The van der Waals surface area contributed by atoms with E-state index in [1.807, 2.05) is 0 Å². The summed E-state index contributed by atoms with van der Waals surface area (Å²) in [4.78, 5) is 4.92. The smallest absolute Gasteiger partial charge is 0.0559 e. The molecule has 0 radical (unpaired) electrons. The van der Waals surface area contributed by atoms with Crippen molar-refractivity contribution in [3.05, 3.63) is 272 Å². The Morgan fingerprint density at radius 1 is 0.368 bits per heavy atom. The Labute approximate surface area is 398 Å². The lowest BCUT2D eigenvalue weighted by Crippen LogP contribution is -2.34. The minimum Gasteiger partial charge on any atom is -0.334 e. The molecule has 2 atom stereocenters. The number of nitrogens with zero attached hydrogens (tertiary/aromatic N) is 2. The number of hydrogen-bond acceptors (Lipinski definition) is 2. The molecule has 0 aromatic heterocycles. The summed E-state index contributed by atoms with van der Waals surface area (Å²) in [5, 5.41) is 7.66. The molecule has 2 heteroatoms. The van der Waals surface area contributed by atoms with Crippen LogP contribution in [0.1, 0.15) is 29.9 Å². The Morgan fingerprint density at radius 2 is 0.868 bits per heavy atom. The Morgan fingerprint density at radius 3 is 1.50 bits per heavy atom. The van der Waals surface area contributed by atoms with E-state index < -0.39 is 0 Å². The third-order valence-corrected chi connectivity index (χ3v) is 14.5. The second-order valence-electron chi connectivity index (χ2n) is 18.3. The van der Waals surface area contributed by atoms with Gasteiger partial charge in [0.15, 0.2) is 0 Å². The Kier molecular flexibility index (Phi) is 9.83. The van der Waals surface area contributed by atoms with Gasteiger partial charge in [-0.05, 0) is 150 Å². The molecule has 322 valence electrons. The monoisotopic (exact) mass is 868 g/mol. The van der Waals surface area contributed by atoms with E-state index in [1.54, 1.807) is 0 Å². The molecule has 10 aromatic carbocycles. The van der Waals surface area contributed by atoms with Gasteiger partial charge >= 0.3 is 0 Å². The zero-order chi connectivity index (χ0) is 45.0. The van der Waals surface area contributed by atoms with Gasteiger partial charge in [-0.3, -0.25) is 0 Å². The molecular formula is C66H48N2. The summed E-state index contributed by atoms with van der Waals surface area (Å²) in [6.07, 6.45) is 15.9. The van der Waals surface area contributed by atoms with Gasteiger partial charge in [-0.25, -0.2) is 0 Å². The molecule has 68 heavy (non-hydrogen) atoms. The average Bonchev–Trinajstić information content (AvgIpc) is 3.42. The number of para-hydroxylation sites is 1. The molecular weight excluding hydrogens is 821 g/mol. The third kappa shape index (κ3) is 6.88. The van der Waals surface area contributed by atoms with E-state index in [-0.39, 0.29) is 6.04 Å². The Hall–Kier alpha value is -8.46. The molecule has 0 fully saturated rings. The summed E-state index contributed by atoms with van der Waals surface area (Å²) < 4.78 is 0. The van der Waals surface area contributed by atoms with Gasteiger partial charge in [-0.15, -0.1) is 0 Å². The van der Waals surface area contributed by atoms with Gasteiger partial charge in [-0.1, -0.05) is 200 Å². The largest absolute Gasteiger partial charge is 0.334 e. The van der Waals surface area contributed by atoms with Crippen molar-refractivity contribution in [1.29, 1.82) is 0 Å². The second kappa shape index (κ2) is 16.8. The van der Waals surface area contributed by atoms with E-state index in [9.17, 15) is 0 Å². The number of anilines is 4. The SMILES string of the molecule is C1=CCC(N(C2=CCC3C(=C2)c2ccccc2-c2ccccc23)c2ccc(-c3ccc(-c4ccc(N(c5ccccc5)c5ccc6c7ccccc7c7ccccc7c6c5)cc4)cc3)cc2)C=C1. The number of allylic oxidation sites excluding steroid dienone is 5. The fourth-order valence-electron chi connectivity index (χ4n) is 11.3. The Bertz CT molecular complexity index is 3630. The summed E-state index contributed by atoms with van der Waals surface area (Å²) in [6, 6.07) is 80.6. The minimum atomic E-state index is 0.232. The first kappa shape index (κ1) is 39.9. The number of hydrogen-bond donors (Lipinski definition) is 0. The van der Waals surface area contributed by atoms with Crippen molar-refractivity contribution in [1.82, 2.24) is 0 Å². The number of rotatable bonds is 8. The highest BCUT2D eigenvalue weighted by atomic mass is 15.2. The molecule has 13 rings (SSSR count). The highest BCUT2D eigenvalue weighted by Gasteiger charge is 2.32. The van der Waals surface area contributed by atoms with E-state index in [1.165, 1.54) is 93.8 Å². The van der Waals surface area contributed by atoms with Crippen molar-refractivity contribution >= 4 is 60.6 Å². The molecule has 0 aliphatic heterocycles. The standard InChI is InChI=1S/C66H48N2/c1-3-15-49(16-4-1)67(53-39-41-63-59-23-9-7-19-55(59)57-21-11-13-25-61(57)65(63)43-53)51-35-31-47(32-36-51)45-27-29-46(30-28-45)48-33-37-52(38-34-48)68(50-17-5-2-6-18-50)54-40-42-64-60-24-10-8-20-56(60)58-22-12-14-26-62(58)66(64)44-54/h1-17,19-41,43-44,50,64H,18,42H2. The van der Waals surface area contributed by atoms with Crippen molar-refractivity contribution in [2.75, 3.05) is 9.80 Å². The molecule has 0 heterocycles. The molecule has 3 aliphatic carbocycles. The lowest BCUT2D eigenvalue weighted by Gasteiger charge is -2.38. The zero-order valence-electron chi connectivity index (χ0n) is 37.7. The molecule has 2 unspecified atom stereocenters. The van der Waals surface area contributed by atoms with Crippen molar-refractivity contribution in [2.24, 2.45) is 0 Å². The fourth-order valence-corrected chi connectivity index (χ4v) is 11.3. The molecule has 10 aromatic rings. The number of fused-ring (bicyclic) bond motifs is 12. The first-order chi connectivity index (χ1) is 33.7. The molecule has 0 amide bonds. The summed E-state index contributed by atoms with van der Waals surface area (Å²) in [7, 11) is 0. The van der Waals surface area contributed by atoms with Gasteiger partial charge in [0.05, 0.1) is 6.04 Å². The molecule has 0 saturated heterocycles. The van der Waals surface area contributed by atoms with Gasteiger partial charge in [0.25, 0.3) is 0 Å². The maximum atomic E-state index is 2.55. The van der Waals surface area contributed by atoms with Crippen LogP contribution in [0.25, 0.3) is 71.3 Å². The average molecular weight is 869 g/mol. The van der Waals surface area contributed by atoms with E-state index >= 15 is 0 Å². The number of benzene rings is 10. The molecule has 0 bridgehead atoms. The maximum absolute atomic E-state index is 2.55. The molecule has 3 aliphatic rings. The van der Waals surface area contributed by atoms with Crippen molar-refractivity contribution in [3.63, 3.8) is 0 Å². The second-order valence-corrected chi connectivity index (χ2v) is 18.3. The van der Waals surface area contributed by atoms with Crippen molar-refractivity contribution < 1.29 is 0 Å². The van der Waals surface area contributed by atoms with Crippen LogP contribution in [0.3, 0.4) is 0 Å². The van der Waals surface area contributed by atoms with Gasteiger partial charge in [-0.2, -0.15) is 0 Å². The van der Waals surface area contributed by atoms with Crippen LogP contribution in [-0.2, 0) is 0 Å². The lowest BCUT2D eigenvalue weighted by molar-refractivity contribution is 0.748. The Balaban J connectivity index is 0.787. The van der Waals surface area contributed by atoms with Crippen LogP contribution in [-0.4, -0.2) is 6.04 Å². The normalized spacial score (nSPS) is 15.9. The van der Waals surface area contributed by atoms with Crippen molar-refractivity contribution in [3.8, 4) is 33.4 Å². The van der Waals surface area contributed by atoms with Gasteiger partial charge in [0, 0.05) is 34.4 Å². The maximum Gasteiger partial charge on any atom is 0.0559 e. The highest BCUT2D eigenvalue weighted by Crippen LogP contribution is 2.51. The first-order valence-corrected chi connectivity index (χ1v) is 24.0. The van der Waals surface area contributed by atoms with Crippen LogP contribution in [0.5, 0.6) is 0 Å². The molecule has 2 nitrogen and oxygen atoms in total. The first-order valence-electron chi connectivity index (χ1n) is 24.0. The predicted molar refractivity (Wildman–Crippen MR) is 289 cm³/mol. The van der Waals surface area contributed by atoms with Gasteiger partial charge < -0.3 is 9.80 Å². The summed E-state index contributed by atoms with van der Waals surface area (Å²) >= 11 is 0. The quantitative estimate of drug-likeness (QED) is 0.140. The third-order valence-electron chi connectivity index (χ3n) is 14.5. The van der Waals surface area contributed by atoms with Gasteiger partial charge in [0.1, 0.15) is 0 Å². The van der Waals surface area contributed by atoms with Crippen LogP contribution < -0.4 is 9.80 Å². The highest BCUT2D eigenvalue weighted by molar-refractivity contribution is 6.25. The van der Waals surface area contributed by atoms with E-state index in [0.717, 1.165) is 29.9 Å². The van der Waals surface area contributed by atoms with E-state index in [2.05, 4.69) is 265 Å². The van der Waals surface area contributed by atoms with Crippen LogP contribution in [0, 0.1) is 0 Å². The van der Waals surface area contributed by atoms with Crippen LogP contribution in [0.2, 0.25) is 0 Å². The van der Waals surface area contributed by atoms with Crippen LogP contribution >= 0.6 is 0 Å². The molecule has 0 N–H and O–H groups in total.